The topological polar surface area (TPSA) is 65.5 Å². The normalized spacial score (nSPS) is 12.2. The van der Waals surface area contributed by atoms with Crippen molar-refractivity contribution < 1.29 is 4.79 Å². The predicted molar refractivity (Wildman–Crippen MR) is 106 cm³/mol. The second-order valence-corrected chi connectivity index (χ2v) is 7.57. The van der Waals surface area contributed by atoms with E-state index >= 15 is 0 Å². The van der Waals surface area contributed by atoms with Crippen LogP contribution in [0.2, 0.25) is 0 Å². The van der Waals surface area contributed by atoms with E-state index in [1.807, 2.05) is 13.8 Å². The van der Waals surface area contributed by atoms with Gasteiger partial charge in [0, 0.05) is 32.6 Å². The standard InChI is InChI=1S/C20H34N4O/c1-15(2)18(25)22-13-14-24-19(21-6)23-12-11-16-7-9-17(10-8-16)20(3,4)5/h7-10,15H,11-14H2,1-6H3,(H,22,25)(H2,21,23,24). The first-order valence-corrected chi connectivity index (χ1v) is 9.05. The van der Waals surface area contributed by atoms with E-state index in [1.165, 1.54) is 11.1 Å². The van der Waals surface area contributed by atoms with Crippen LogP contribution in [0.5, 0.6) is 0 Å². The Morgan fingerprint density at radius 2 is 1.56 bits per heavy atom. The third kappa shape index (κ3) is 8.05. The fraction of sp³-hybridized carbons (Fsp3) is 0.600. The van der Waals surface area contributed by atoms with Gasteiger partial charge in [0.2, 0.25) is 5.91 Å². The minimum absolute atomic E-state index is 0.0158. The van der Waals surface area contributed by atoms with E-state index in [0.717, 1.165) is 18.9 Å². The van der Waals surface area contributed by atoms with E-state index in [2.05, 4.69) is 66.0 Å². The molecule has 0 radical (unpaired) electrons. The molecule has 1 amide bonds. The average molecular weight is 347 g/mol. The van der Waals surface area contributed by atoms with Crippen molar-refractivity contribution in [2.45, 2.75) is 46.5 Å². The molecular weight excluding hydrogens is 312 g/mol. The van der Waals surface area contributed by atoms with Crippen LogP contribution in [-0.2, 0) is 16.6 Å². The monoisotopic (exact) mass is 346 g/mol. The zero-order valence-corrected chi connectivity index (χ0v) is 16.6. The highest BCUT2D eigenvalue weighted by molar-refractivity contribution is 5.80. The lowest BCUT2D eigenvalue weighted by Crippen LogP contribution is -2.42. The smallest absolute Gasteiger partial charge is 0.222 e. The molecule has 0 fully saturated rings. The third-order valence-corrected chi connectivity index (χ3v) is 3.99. The molecule has 0 bridgehead atoms. The molecule has 5 heteroatoms. The summed E-state index contributed by atoms with van der Waals surface area (Å²) in [5, 5.41) is 9.38. The Bertz CT molecular complexity index is 556. The third-order valence-electron chi connectivity index (χ3n) is 3.99. The number of hydrogen-bond acceptors (Lipinski definition) is 2. The number of aliphatic imine (C=N–C) groups is 1. The summed E-state index contributed by atoms with van der Waals surface area (Å²) in [4.78, 5) is 15.7. The number of carbonyl (C=O) groups is 1. The Balaban J connectivity index is 2.30. The van der Waals surface area contributed by atoms with Crippen molar-refractivity contribution >= 4 is 11.9 Å². The highest BCUT2D eigenvalue weighted by Gasteiger charge is 2.12. The van der Waals surface area contributed by atoms with Gasteiger partial charge >= 0.3 is 0 Å². The van der Waals surface area contributed by atoms with Crippen LogP contribution in [0.3, 0.4) is 0 Å². The van der Waals surface area contributed by atoms with Crippen molar-refractivity contribution in [3.05, 3.63) is 35.4 Å². The fourth-order valence-corrected chi connectivity index (χ4v) is 2.29. The van der Waals surface area contributed by atoms with Gasteiger partial charge in [-0.3, -0.25) is 9.79 Å². The zero-order chi connectivity index (χ0) is 18.9. The maximum absolute atomic E-state index is 11.5. The Morgan fingerprint density at radius 1 is 1.00 bits per heavy atom. The van der Waals surface area contributed by atoms with Crippen molar-refractivity contribution in [3.63, 3.8) is 0 Å². The summed E-state index contributed by atoms with van der Waals surface area (Å²) < 4.78 is 0. The van der Waals surface area contributed by atoms with E-state index in [-0.39, 0.29) is 17.2 Å². The molecule has 5 nitrogen and oxygen atoms in total. The van der Waals surface area contributed by atoms with Gasteiger partial charge in [-0.05, 0) is 23.0 Å². The van der Waals surface area contributed by atoms with Crippen LogP contribution in [0.4, 0.5) is 0 Å². The number of rotatable bonds is 7. The summed E-state index contributed by atoms with van der Waals surface area (Å²) in [5.41, 5.74) is 2.85. The second-order valence-electron chi connectivity index (χ2n) is 7.57. The fourth-order valence-electron chi connectivity index (χ4n) is 2.29. The van der Waals surface area contributed by atoms with Gasteiger partial charge < -0.3 is 16.0 Å². The lowest BCUT2D eigenvalue weighted by atomic mass is 9.86. The van der Waals surface area contributed by atoms with Crippen LogP contribution in [0.25, 0.3) is 0 Å². The number of benzene rings is 1. The van der Waals surface area contributed by atoms with Crippen LogP contribution >= 0.6 is 0 Å². The maximum atomic E-state index is 11.5. The van der Waals surface area contributed by atoms with Crippen molar-refractivity contribution in [2.24, 2.45) is 10.9 Å². The molecule has 0 unspecified atom stereocenters. The molecule has 0 atom stereocenters. The number of carbonyl (C=O) groups excluding carboxylic acids is 1. The van der Waals surface area contributed by atoms with Gasteiger partial charge in [0.25, 0.3) is 0 Å². The summed E-state index contributed by atoms with van der Waals surface area (Å²) in [5.74, 6) is 0.843. The summed E-state index contributed by atoms with van der Waals surface area (Å²) in [7, 11) is 1.75. The zero-order valence-electron chi connectivity index (χ0n) is 16.6. The van der Waals surface area contributed by atoms with Gasteiger partial charge in [-0.2, -0.15) is 0 Å². The Hall–Kier alpha value is -2.04. The summed E-state index contributed by atoms with van der Waals surface area (Å²) in [6.45, 7) is 12.5. The van der Waals surface area contributed by atoms with Crippen molar-refractivity contribution in [3.8, 4) is 0 Å². The number of amides is 1. The SMILES string of the molecule is CN=C(NCCNC(=O)C(C)C)NCCc1ccc(C(C)(C)C)cc1. The second kappa shape index (κ2) is 10.1. The van der Waals surface area contributed by atoms with Crippen molar-refractivity contribution in [1.82, 2.24) is 16.0 Å². The summed E-state index contributed by atoms with van der Waals surface area (Å²) in [6.07, 6.45) is 0.940. The van der Waals surface area contributed by atoms with E-state index in [0.29, 0.717) is 13.1 Å². The largest absolute Gasteiger partial charge is 0.356 e. The first-order chi connectivity index (χ1) is 11.7. The Morgan fingerprint density at radius 3 is 2.08 bits per heavy atom. The molecule has 1 aromatic carbocycles. The number of nitrogens with zero attached hydrogens (tertiary/aromatic N) is 1. The lowest BCUT2D eigenvalue weighted by Gasteiger charge is -2.19. The number of nitrogens with one attached hydrogen (secondary N) is 3. The maximum Gasteiger partial charge on any atom is 0.222 e. The minimum Gasteiger partial charge on any atom is -0.356 e. The molecule has 1 rings (SSSR count). The highest BCUT2D eigenvalue weighted by atomic mass is 16.1. The van der Waals surface area contributed by atoms with Crippen LogP contribution < -0.4 is 16.0 Å². The Kier molecular flexibility index (Phi) is 8.46. The van der Waals surface area contributed by atoms with Gasteiger partial charge in [-0.1, -0.05) is 58.9 Å². The van der Waals surface area contributed by atoms with E-state index < -0.39 is 0 Å². The molecule has 0 aliphatic heterocycles. The van der Waals surface area contributed by atoms with Crippen LogP contribution in [0.1, 0.15) is 45.7 Å². The molecule has 0 spiro atoms. The molecular formula is C20H34N4O. The molecule has 25 heavy (non-hydrogen) atoms. The molecule has 140 valence electrons. The van der Waals surface area contributed by atoms with Crippen molar-refractivity contribution in [2.75, 3.05) is 26.7 Å². The van der Waals surface area contributed by atoms with Crippen LogP contribution in [0, 0.1) is 5.92 Å². The average Bonchev–Trinajstić information content (AvgIpc) is 2.56. The molecule has 0 aliphatic rings. The van der Waals surface area contributed by atoms with Gasteiger partial charge in [0.1, 0.15) is 0 Å². The number of hydrogen-bond donors (Lipinski definition) is 3. The van der Waals surface area contributed by atoms with Gasteiger partial charge in [0.05, 0.1) is 0 Å². The van der Waals surface area contributed by atoms with Crippen LogP contribution in [0.15, 0.2) is 29.3 Å². The Labute approximate surface area is 152 Å². The molecule has 0 heterocycles. The van der Waals surface area contributed by atoms with E-state index in [1.54, 1.807) is 7.05 Å². The van der Waals surface area contributed by atoms with Crippen LogP contribution in [-0.4, -0.2) is 38.5 Å². The van der Waals surface area contributed by atoms with Gasteiger partial charge in [-0.25, -0.2) is 0 Å². The van der Waals surface area contributed by atoms with E-state index in [9.17, 15) is 4.79 Å². The molecule has 0 aliphatic carbocycles. The lowest BCUT2D eigenvalue weighted by molar-refractivity contribution is -0.123. The van der Waals surface area contributed by atoms with Crippen molar-refractivity contribution in [1.29, 1.82) is 0 Å². The first kappa shape index (κ1) is 21.0. The molecule has 0 aromatic heterocycles. The van der Waals surface area contributed by atoms with E-state index in [4.69, 9.17) is 0 Å². The minimum atomic E-state index is 0.0158. The van der Waals surface area contributed by atoms with Gasteiger partial charge in [-0.15, -0.1) is 0 Å². The summed E-state index contributed by atoms with van der Waals surface area (Å²) in [6, 6.07) is 8.80. The quantitative estimate of drug-likeness (QED) is 0.404. The molecule has 1 aromatic rings. The predicted octanol–water partition coefficient (Wildman–Crippen LogP) is 2.46. The number of guanidine groups is 1. The highest BCUT2D eigenvalue weighted by Crippen LogP contribution is 2.22. The van der Waals surface area contributed by atoms with Gasteiger partial charge in [0.15, 0.2) is 5.96 Å². The molecule has 0 saturated heterocycles. The first-order valence-electron chi connectivity index (χ1n) is 9.05. The molecule has 0 saturated carbocycles. The molecule has 3 N–H and O–H groups in total. The summed E-state index contributed by atoms with van der Waals surface area (Å²) >= 11 is 0.